The Labute approximate surface area is 114 Å². The zero-order valence-corrected chi connectivity index (χ0v) is 12.9. The van der Waals surface area contributed by atoms with Crippen LogP contribution in [-0.4, -0.2) is 44.8 Å². The topological polar surface area (TPSA) is 21.3 Å². The van der Waals surface area contributed by atoms with Crippen molar-refractivity contribution in [3.05, 3.63) is 12.2 Å². The van der Waals surface area contributed by atoms with Crippen molar-refractivity contribution in [2.75, 3.05) is 40.3 Å². The van der Waals surface area contributed by atoms with E-state index in [4.69, 9.17) is 4.84 Å². The molecule has 0 fully saturated rings. The van der Waals surface area contributed by atoms with Gasteiger partial charge in [-0.15, -0.1) is 0 Å². The van der Waals surface area contributed by atoms with Gasteiger partial charge in [0.15, 0.2) is 0 Å². The molecule has 3 nitrogen and oxygen atoms in total. The van der Waals surface area contributed by atoms with Crippen molar-refractivity contribution >= 4 is 0 Å². The molecule has 0 aromatic rings. The number of allylic oxidation sites excluding steroid dienone is 1. The number of unbranched alkanes of at least 4 members (excludes halogenated alkanes) is 2. The average Bonchev–Trinajstić information content (AvgIpc) is 2.33. The summed E-state index contributed by atoms with van der Waals surface area (Å²) < 4.78 is 1.04. The highest BCUT2D eigenvalue weighted by atomic mass is 16.6. The van der Waals surface area contributed by atoms with Gasteiger partial charge in [0.25, 0.3) is 0 Å². The molecule has 0 aromatic heterocycles. The smallest absolute Gasteiger partial charge is 0.0969 e. The van der Waals surface area contributed by atoms with E-state index < -0.39 is 0 Å². The maximum absolute atomic E-state index is 5.42. The van der Waals surface area contributed by atoms with Crippen molar-refractivity contribution < 1.29 is 9.32 Å². The molecule has 0 unspecified atom stereocenters. The highest BCUT2D eigenvalue weighted by molar-refractivity contribution is 4.79. The fraction of sp³-hybridized carbons (Fsp3) is 0.867. The maximum atomic E-state index is 5.42. The second-order valence-electron chi connectivity index (χ2n) is 5.53. The normalized spacial score (nSPS) is 12.4. The summed E-state index contributed by atoms with van der Waals surface area (Å²) in [6, 6.07) is 0. The molecule has 18 heavy (non-hydrogen) atoms. The van der Waals surface area contributed by atoms with Gasteiger partial charge >= 0.3 is 0 Å². The second kappa shape index (κ2) is 11.7. The molecule has 0 bridgehead atoms. The van der Waals surface area contributed by atoms with Crippen LogP contribution in [0.1, 0.15) is 46.0 Å². The van der Waals surface area contributed by atoms with Crippen LogP contribution in [0.4, 0.5) is 0 Å². The maximum Gasteiger partial charge on any atom is 0.0969 e. The second-order valence-corrected chi connectivity index (χ2v) is 5.53. The first kappa shape index (κ1) is 17.6. The van der Waals surface area contributed by atoms with Crippen LogP contribution in [0.3, 0.4) is 0 Å². The summed E-state index contributed by atoms with van der Waals surface area (Å²) in [5.74, 6) is 0. The van der Waals surface area contributed by atoms with Crippen molar-refractivity contribution in [2.45, 2.75) is 46.0 Å². The minimum absolute atomic E-state index is 0.811. The predicted octanol–water partition coefficient (Wildman–Crippen LogP) is 3.13. The van der Waals surface area contributed by atoms with Gasteiger partial charge in [0.1, 0.15) is 0 Å². The summed E-state index contributed by atoms with van der Waals surface area (Å²) in [5, 5.41) is 0. The summed E-state index contributed by atoms with van der Waals surface area (Å²) in [5.41, 5.74) is 3.04. The lowest BCUT2D eigenvalue weighted by molar-refractivity contribution is -0.884. The molecule has 0 saturated heterocycles. The van der Waals surface area contributed by atoms with E-state index in [0.29, 0.717) is 0 Å². The molecule has 0 aliphatic heterocycles. The summed E-state index contributed by atoms with van der Waals surface area (Å²) in [6.45, 7) is 8.45. The molecule has 0 spiro atoms. The molecule has 0 aromatic carbocycles. The van der Waals surface area contributed by atoms with Gasteiger partial charge in [-0.3, -0.25) is 0 Å². The van der Waals surface area contributed by atoms with E-state index in [0.717, 1.165) is 43.6 Å². The zero-order chi connectivity index (χ0) is 13.7. The quantitative estimate of drug-likeness (QED) is 0.251. The van der Waals surface area contributed by atoms with Crippen molar-refractivity contribution in [3.63, 3.8) is 0 Å². The lowest BCUT2D eigenvalue weighted by Gasteiger charge is -2.28. The van der Waals surface area contributed by atoms with Crippen LogP contribution in [0.2, 0.25) is 0 Å². The molecular formula is C15H33N2O+. The third-order valence-electron chi connectivity index (χ3n) is 3.00. The van der Waals surface area contributed by atoms with Crippen LogP contribution in [-0.2, 0) is 4.84 Å². The molecule has 0 saturated carbocycles. The number of hydrogen-bond acceptors (Lipinski definition) is 2. The van der Waals surface area contributed by atoms with Gasteiger partial charge in [-0.2, -0.15) is 0 Å². The molecular weight excluding hydrogens is 224 g/mol. The minimum Gasteiger partial charge on any atom is -0.325 e. The van der Waals surface area contributed by atoms with Crippen LogP contribution >= 0.6 is 0 Å². The Balaban J connectivity index is 3.38. The van der Waals surface area contributed by atoms with Gasteiger partial charge in [-0.25, -0.2) is 5.48 Å². The van der Waals surface area contributed by atoms with E-state index in [2.05, 4.69) is 45.6 Å². The van der Waals surface area contributed by atoms with E-state index in [1.165, 1.54) is 19.3 Å². The molecule has 0 amide bonds. The van der Waals surface area contributed by atoms with Gasteiger partial charge in [0.05, 0.1) is 33.8 Å². The zero-order valence-electron chi connectivity index (χ0n) is 12.9. The lowest BCUT2D eigenvalue weighted by atomic mass is 10.3. The highest BCUT2D eigenvalue weighted by Gasteiger charge is 2.11. The molecule has 108 valence electrons. The monoisotopic (exact) mass is 257 g/mol. The highest BCUT2D eigenvalue weighted by Crippen LogP contribution is 2.00. The standard InChI is InChI=1S/C15H33N2O/c1-5-7-9-12-16-18-15-11-14-17(3,4)13-10-8-6-2/h8,10,16H,5-7,9,11-15H2,1-4H3/q+1. The van der Waals surface area contributed by atoms with Crippen molar-refractivity contribution in [1.29, 1.82) is 0 Å². The van der Waals surface area contributed by atoms with Crippen molar-refractivity contribution in [3.8, 4) is 0 Å². The van der Waals surface area contributed by atoms with E-state index in [-0.39, 0.29) is 0 Å². The van der Waals surface area contributed by atoms with E-state index >= 15 is 0 Å². The number of rotatable bonds is 12. The fourth-order valence-corrected chi connectivity index (χ4v) is 1.77. The molecule has 0 heterocycles. The van der Waals surface area contributed by atoms with Gasteiger partial charge < -0.3 is 9.32 Å². The summed E-state index contributed by atoms with van der Waals surface area (Å²) >= 11 is 0. The summed E-state index contributed by atoms with van der Waals surface area (Å²) in [4.78, 5) is 5.42. The summed E-state index contributed by atoms with van der Waals surface area (Å²) in [7, 11) is 4.54. The van der Waals surface area contributed by atoms with Crippen LogP contribution in [0.5, 0.6) is 0 Å². The number of quaternary nitrogens is 1. The minimum atomic E-state index is 0.811. The van der Waals surface area contributed by atoms with Crippen LogP contribution < -0.4 is 5.48 Å². The number of nitrogens with zero attached hydrogens (tertiary/aromatic N) is 1. The Kier molecular flexibility index (Phi) is 11.4. The number of likely N-dealkylation sites (N-methyl/N-ethyl adjacent to an activating group) is 1. The molecule has 0 aliphatic rings. The third-order valence-corrected chi connectivity index (χ3v) is 3.00. The number of hydrogen-bond donors (Lipinski definition) is 1. The fourth-order valence-electron chi connectivity index (χ4n) is 1.77. The predicted molar refractivity (Wildman–Crippen MR) is 79.4 cm³/mol. The molecule has 0 atom stereocenters. The first-order valence-corrected chi connectivity index (χ1v) is 7.44. The Morgan fingerprint density at radius 1 is 1.06 bits per heavy atom. The van der Waals surface area contributed by atoms with Gasteiger partial charge in [0.2, 0.25) is 0 Å². The number of hydroxylamine groups is 1. The third kappa shape index (κ3) is 12.1. The molecule has 3 heteroatoms. The van der Waals surface area contributed by atoms with Crippen LogP contribution in [0.15, 0.2) is 12.2 Å². The first-order chi connectivity index (χ1) is 8.62. The van der Waals surface area contributed by atoms with Crippen molar-refractivity contribution in [2.24, 2.45) is 0 Å². The molecule has 1 N–H and O–H groups in total. The Bertz CT molecular complexity index is 203. The van der Waals surface area contributed by atoms with E-state index in [9.17, 15) is 0 Å². The molecule has 0 rings (SSSR count). The largest absolute Gasteiger partial charge is 0.325 e. The summed E-state index contributed by atoms with van der Waals surface area (Å²) in [6.07, 6.45) is 10.5. The first-order valence-electron chi connectivity index (χ1n) is 7.44. The van der Waals surface area contributed by atoms with Crippen LogP contribution in [0.25, 0.3) is 0 Å². The van der Waals surface area contributed by atoms with E-state index in [1.54, 1.807) is 0 Å². The van der Waals surface area contributed by atoms with Gasteiger partial charge in [-0.05, 0) is 18.9 Å². The number of nitrogens with one attached hydrogen (secondary N) is 1. The van der Waals surface area contributed by atoms with E-state index in [1.807, 2.05) is 0 Å². The van der Waals surface area contributed by atoms with Gasteiger partial charge in [-0.1, -0.05) is 32.8 Å². The Morgan fingerprint density at radius 2 is 1.83 bits per heavy atom. The van der Waals surface area contributed by atoms with Crippen molar-refractivity contribution in [1.82, 2.24) is 5.48 Å². The lowest BCUT2D eigenvalue weighted by Crippen LogP contribution is -2.41. The van der Waals surface area contributed by atoms with Gasteiger partial charge in [0, 0.05) is 13.0 Å². The van der Waals surface area contributed by atoms with Crippen LogP contribution in [0, 0.1) is 0 Å². The molecule has 0 aliphatic carbocycles. The molecule has 0 radical (unpaired) electrons. The Morgan fingerprint density at radius 3 is 2.50 bits per heavy atom. The SMILES string of the molecule is CCC=CC[N+](C)(C)CCCONCCCCC. The average molecular weight is 257 g/mol. The Hall–Kier alpha value is -0.380.